The molecule has 4 rings (SSSR count). The van der Waals surface area contributed by atoms with E-state index in [0.717, 1.165) is 22.3 Å². The second kappa shape index (κ2) is 10.9. The average molecular weight is 452 g/mol. The molecule has 0 fully saturated rings. The highest BCUT2D eigenvalue weighted by Gasteiger charge is 2.13. The average Bonchev–Trinajstić information content (AvgIpc) is 3.37. The molecule has 0 aliphatic carbocycles. The van der Waals surface area contributed by atoms with E-state index in [2.05, 4.69) is 10.4 Å². The predicted octanol–water partition coefficient (Wildman–Crippen LogP) is 5.43. The van der Waals surface area contributed by atoms with Gasteiger partial charge < -0.3 is 10.1 Å². The van der Waals surface area contributed by atoms with E-state index >= 15 is 0 Å². The lowest BCUT2D eigenvalue weighted by Crippen LogP contribution is -2.13. The first kappa shape index (κ1) is 22.7. The summed E-state index contributed by atoms with van der Waals surface area (Å²) in [5.41, 5.74) is 5.05. The highest BCUT2D eigenvalue weighted by atomic mass is 16.5. The number of amides is 1. The highest BCUT2D eigenvalue weighted by molar-refractivity contribution is 6.08. The number of nitrogens with zero attached hydrogens (tertiary/aromatic N) is 2. The maximum Gasteiger partial charge on any atom is 0.330 e. The number of anilines is 1. The summed E-state index contributed by atoms with van der Waals surface area (Å²) in [6, 6.07) is 24.8. The first-order chi connectivity index (χ1) is 16.6. The molecule has 0 radical (unpaired) electrons. The number of carbonyl (C=O) groups excluding carboxylic acids is 2. The maximum absolute atomic E-state index is 13.1. The van der Waals surface area contributed by atoms with E-state index in [9.17, 15) is 9.59 Å². The summed E-state index contributed by atoms with van der Waals surface area (Å²) < 4.78 is 6.75. The molecule has 1 N–H and O–H groups in total. The quantitative estimate of drug-likeness (QED) is 0.286. The van der Waals surface area contributed by atoms with Crippen molar-refractivity contribution >= 4 is 23.6 Å². The van der Waals surface area contributed by atoms with Crippen molar-refractivity contribution in [1.29, 1.82) is 0 Å². The van der Waals surface area contributed by atoms with Crippen molar-refractivity contribution in [3.8, 4) is 11.1 Å². The van der Waals surface area contributed by atoms with Crippen LogP contribution in [0.4, 0.5) is 5.69 Å². The molecule has 0 atom stereocenters. The number of rotatable bonds is 8. The highest BCUT2D eigenvalue weighted by Crippen LogP contribution is 2.25. The van der Waals surface area contributed by atoms with E-state index in [1.54, 1.807) is 31.3 Å². The number of benzene rings is 3. The van der Waals surface area contributed by atoms with Crippen LogP contribution in [0, 0.1) is 0 Å². The third kappa shape index (κ3) is 5.86. The Kier molecular flexibility index (Phi) is 7.30. The lowest BCUT2D eigenvalue weighted by molar-refractivity contribution is -0.137. The first-order valence-electron chi connectivity index (χ1n) is 11.0. The fourth-order valence-corrected chi connectivity index (χ4v) is 3.53. The zero-order chi connectivity index (χ0) is 23.8. The van der Waals surface area contributed by atoms with Gasteiger partial charge in [-0.05, 0) is 59.5 Å². The Morgan fingerprint density at radius 2 is 1.74 bits per heavy atom. The zero-order valence-electron chi connectivity index (χ0n) is 18.8. The maximum atomic E-state index is 13.1. The Balaban J connectivity index is 1.46. The summed E-state index contributed by atoms with van der Waals surface area (Å²) in [5, 5.41) is 7.20. The molecule has 0 aliphatic heterocycles. The van der Waals surface area contributed by atoms with Gasteiger partial charge in [0.15, 0.2) is 0 Å². The van der Waals surface area contributed by atoms with Gasteiger partial charge in [-0.15, -0.1) is 0 Å². The number of aromatic nitrogens is 2. The van der Waals surface area contributed by atoms with Gasteiger partial charge in [-0.3, -0.25) is 9.48 Å². The minimum absolute atomic E-state index is 0.189. The lowest BCUT2D eigenvalue weighted by Gasteiger charge is -2.11. The van der Waals surface area contributed by atoms with E-state index in [1.165, 1.54) is 6.08 Å². The number of hydrogen-bond acceptors (Lipinski definition) is 4. The third-order valence-electron chi connectivity index (χ3n) is 5.21. The van der Waals surface area contributed by atoms with Gasteiger partial charge in [0.05, 0.1) is 13.2 Å². The van der Waals surface area contributed by atoms with Crippen molar-refractivity contribution in [2.45, 2.75) is 13.5 Å². The molecule has 0 unspecified atom stereocenters. The molecule has 0 saturated heterocycles. The molecule has 3 aromatic carbocycles. The molecular formula is C28H25N3O3. The molecule has 6 heteroatoms. The van der Waals surface area contributed by atoms with E-state index < -0.39 is 0 Å². The van der Waals surface area contributed by atoms with Gasteiger partial charge in [-0.25, -0.2) is 4.79 Å². The number of carbonyl (C=O) groups is 2. The molecule has 1 aromatic heterocycles. The summed E-state index contributed by atoms with van der Waals surface area (Å²) in [6.07, 6.45) is 6.75. The van der Waals surface area contributed by atoms with Crippen molar-refractivity contribution in [2.75, 3.05) is 11.9 Å². The summed E-state index contributed by atoms with van der Waals surface area (Å²) in [4.78, 5) is 24.5. The van der Waals surface area contributed by atoms with Crippen molar-refractivity contribution in [3.05, 3.63) is 114 Å². The van der Waals surface area contributed by atoms with Gasteiger partial charge in [0, 0.05) is 29.7 Å². The Labute approximate surface area is 198 Å². The Morgan fingerprint density at radius 3 is 2.44 bits per heavy atom. The zero-order valence-corrected chi connectivity index (χ0v) is 18.8. The molecule has 1 amide bonds. The Morgan fingerprint density at radius 1 is 0.971 bits per heavy atom. The van der Waals surface area contributed by atoms with Crippen LogP contribution in [0.3, 0.4) is 0 Å². The van der Waals surface area contributed by atoms with E-state index in [4.69, 9.17) is 4.74 Å². The third-order valence-corrected chi connectivity index (χ3v) is 5.21. The standard InChI is InChI=1S/C28H25N3O3/c1-2-34-27(32)17-12-21-10-15-24(16-11-21)30-28(33)26-7-4-3-6-25(26)23-13-8-22(9-14-23)20-31-19-5-18-29-31/h3-19H,2,20H2,1H3,(H,30,33)/b17-12+. The van der Waals surface area contributed by atoms with Crippen LogP contribution in [-0.4, -0.2) is 28.3 Å². The molecule has 1 heterocycles. The molecule has 0 saturated carbocycles. The molecule has 0 spiro atoms. The second-order valence-electron chi connectivity index (χ2n) is 7.61. The van der Waals surface area contributed by atoms with Gasteiger partial charge in [0.2, 0.25) is 0 Å². The number of hydrogen-bond donors (Lipinski definition) is 1. The SMILES string of the molecule is CCOC(=O)/C=C/c1ccc(NC(=O)c2ccccc2-c2ccc(Cn3cccn3)cc2)cc1. The summed E-state index contributed by atoms with van der Waals surface area (Å²) >= 11 is 0. The molecule has 34 heavy (non-hydrogen) atoms. The second-order valence-corrected chi connectivity index (χ2v) is 7.61. The summed E-state index contributed by atoms with van der Waals surface area (Å²) in [5.74, 6) is -0.572. The molecule has 4 aromatic rings. The smallest absolute Gasteiger partial charge is 0.330 e. The number of esters is 1. The van der Waals surface area contributed by atoms with Crippen LogP contribution in [0.5, 0.6) is 0 Å². The van der Waals surface area contributed by atoms with Crippen molar-refractivity contribution in [2.24, 2.45) is 0 Å². The summed E-state index contributed by atoms with van der Waals surface area (Å²) in [6.45, 7) is 2.80. The Hall–Kier alpha value is -4.45. The predicted molar refractivity (Wildman–Crippen MR) is 133 cm³/mol. The van der Waals surface area contributed by atoms with Crippen molar-refractivity contribution < 1.29 is 14.3 Å². The molecular weight excluding hydrogens is 426 g/mol. The first-order valence-corrected chi connectivity index (χ1v) is 11.0. The van der Waals surface area contributed by atoms with Crippen LogP contribution in [0.1, 0.15) is 28.4 Å². The van der Waals surface area contributed by atoms with Crippen LogP contribution in [0.2, 0.25) is 0 Å². The van der Waals surface area contributed by atoms with Crippen LogP contribution in [-0.2, 0) is 16.1 Å². The van der Waals surface area contributed by atoms with Crippen molar-refractivity contribution in [3.63, 3.8) is 0 Å². The number of nitrogens with one attached hydrogen (secondary N) is 1. The van der Waals surface area contributed by atoms with Gasteiger partial charge in [0.1, 0.15) is 0 Å². The largest absolute Gasteiger partial charge is 0.463 e. The molecule has 0 bridgehead atoms. The van der Waals surface area contributed by atoms with Gasteiger partial charge in [-0.1, -0.05) is 54.6 Å². The molecule has 170 valence electrons. The van der Waals surface area contributed by atoms with Crippen molar-refractivity contribution in [1.82, 2.24) is 9.78 Å². The van der Waals surface area contributed by atoms with Crippen LogP contribution >= 0.6 is 0 Å². The molecule has 6 nitrogen and oxygen atoms in total. The lowest BCUT2D eigenvalue weighted by atomic mass is 9.98. The fourth-order valence-electron chi connectivity index (χ4n) is 3.53. The van der Waals surface area contributed by atoms with Gasteiger partial charge in [-0.2, -0.15) is 5.10 Å². The van der Waals surface area contributed by atoms with Crippen LogP contribution in [0.15, 0.2) is 97.3 Å². The summed E-state index contributed by atoms with van der Waals surface area (Å²) in [7, 11) is 0. The minimum atomic E-state index is -0.383. The van der Waals surface area contributed by atoms with Gasteiger partial charge >= 0.3 is 5.97 Å². The Bertz CT molecular complexity index is 1280. The monoisotopic (exact) mass is 451 g/mol. The normalized spacial score (nSPS) is 10.9. The van der Waals surface area contributed by atoms with Crippen LogP contribution < -0.4 is 5.32 Å². The minimum Gasteiger partial charge on any atom is -0.463 e. The van der Waals surface area contributed by atoms with E-state index in [-0.39, 0.29) is 11.9 Å². The number of ether oxygens (including phenoxy) is 1. The molecule has 0 aliphatic rings. The topological polar surface area (TPSA) is 73.2 Å². The van der Waals surface area contributed by atoms with E-state index in [0.29, 0.717) is 24.4 Å². The van der Waals surface area contributed by atoms with Crippen LogP contribution in [0.25, 0.3) is 17.2 Å². The van der Waals surface area contributed by atoms with Gasteiger partial charge in [0.25, 0.3) is 5.91 Å². The van der Waals surface area contributed by atoms with E-state index in [1.807, 2.05) is 77.6 Å². The fraction of sp³-hybridized carbons (Fsp3) is 0.107.